The minimum absolute atomic E-state index is 0.0402. The van der Waals surface area contributed by atoms with Crippen molar-refractivity contribution >= 4 is 11.6 Å². The number of aryl methyl sites for hydroxylation is 2. The van der Waals surface area contributed by atoms with Crippen LogP contribution in [-0.4, -0.2) is 26.5 Å². The van der Waals surface area contributed by atoms with E-state index in [0.29, 0.717) is 5.02 Å². The molecular formula is C15H22ClN5. The third-order valence-electron chi connectivity index (χ3n) is 3.41. The van der Waals surface area contributed by atoms with E-state index in [4.69, 9.17) is 11.6 Å². The Hall–Kier alpha value is -1.46. The van der Waals surface area contributed by atoms with Crippen molar-refractivity contribution < 1.29 is 0 Å². The van der Waals surface area contributed by atoms with Gasteiger partial charge in [0.05, 0.1) is 34.3 Å². The van der Waals surface area contributed by atoms with E-state index in [1.54, 1.807) is 6.20 Å². The van der Waals surface area contributed by atoms with Crippen LogP contribution in [-0.2, 0) is 0 Å². The summed E-state index contributed by atoms with van der Waals surface area (Å²) in [5.41, 5.74) is 3.86. The summed E-state index contributed by atoms with van der Waals surface area (Å²) in [4.78, 5) is 0. The van der Waals surface area contributed by atoms with E-state index in [-0.39, 0.29) is 12.1 Å². The molecule has 21 heavy (non-hydrogen) atoms. The fourth-order valence-electron chi connectivity index (χ4n) is 2.45. The highest BCUT2D eigenvalue weighted by Gasteiger charge is 2.24. The van der Waals surface area contributed by atoms with Crippen LogP contribution in [0.25, 0.3) is 0 Å². The van der Waals surface area contributed by atoms with Crippen LogP contribution in [0.2, 0.25) is 5.02 Å². The van der Waals surface area contributed by atoms with Crippen LogP contribution < -0.4 is 5.32 Å². The Bertz CT molecular complexity index is 621. The molecule has 2 heterocycles. The van der Waals surface area contributed by atoms with E-state index in [1.807, 2.05) is 18.5 Å². The van der Waals surface area contributed by atoms with Gasteiger partial charge in [-0.15, -0.1) is 0 Å². The van der Waals surface area contributed by atoms with E-state index in [1.165, 1.54) is 0 Å². The van der Waals surface area contributed by atoms with Crippen LogP contribution in [0.15, 0.2) is 12.3 Å². The predicted octanol–water partition coefficient (Wildman–Crippen LogP) is 3.22. The van der Waals surface area contributed by atoms with Crippen molar-refractivity contribution in [2.75, 3.05) is 6.54 Å². The molecule has 2 aromatic rings. The maximum Gasteiger partial charge on any atom is 0.0837 e. The first-order valence-corrected chi connectivity index (χ1v) is 7.60. The average Bonchev–Trinajstić information content (AvgIpc) is 2.81. The van der Waals surface area contributed by atoms with Gasteiger partial charge in [-0.1, -0.05) is 18.5 Å². The number of halogens is 1. The molecular weight excluding hydrogens is 286 g/mol. The van der Waals surface area contributed by atoms with Gasteiger partial charge in [0.25, 0.3) is 0 Å². The number of hydrogen-bond acceptors (Lipinski definition) is 4. The summed E-state index contributed by atoms with van der Waals surface area (Å²) < 4.78 is 1.96. The fourth-order valence-corrected chi connectivity index (χ4v) is 2.69. The SMILES string of the molecule is CCNC(c1cc(C)nnc1C)c1c(Cl)cnn1C(C)C. The zero-order chi connectivity index (χ0) is 15.6. The first-order valence-electron chi connectivity index (χ1n) is 7.22. The molecule has 1 unspecified atom stereocenters. The summed E-state index contributed by atoms with van der Waals surface area (Å²) in [6.07, 6.45) is 1.71. The monoisotopic (exact) mass is 307 g/mol. The second kappa shape index (κ2) is 6.54. The van der Waals surface area contributed by atoms with Crippen molar-refractivity contribution in [3.05, 3.63) is 39.9 Å². The van der Waals surface area contributed by atoms with E-state index in [2.05, 4.69) is 47.5 Å². The molecule has 0 bridgehead atoms. The van der Waals surface area contributed by atoms with E-state index < -0.39 is 0 Å². The molecule has 0 aliphatic heterocycles. The third kappa shape index (κ3) is 3.24. The van der Waals surface area contributed by atoms with Crippen LogP contribution in [0, 0.1) is 13.8 Å². The Balaban J connectivity index is 2.59. The van der Waals surface area contributed by atoms with Gasteiger partial charge >= 0.3 is 0 Å². The molecule has 1 atom stereocenters. The number of nitrogens with one attached hydrogen (secondary N) is 1. The number of nitrogens with zero attached hydrogens (tertiary/aromatic N) is 4. The highest BCUT2D eigenvalue weighted by molar-refractivity contribution is 6.31. The minimum Gasteiger partial charge on any atom is -0.305 e. The third-order valence-corrected chi connectivity index (χ3v) is 3.70. The lowest BCUT2D eigenvalue weighted by Crippen LogP contribution is -2.27. The summed E-state index contributed by atoms with van der Waals surface area (Å²) in [7, 11) is 0. The van der Waals surface area contributed by atoms with Crippen LogP contribution in [0.4, 0.5) is 0 Å². The smallest absolute Gasteiger partial charge is 0.0837 e. The van der Waals surface area contributed by atoms with Crippen molar-refractivity contribution in [1.82, 2.24) is 25.3 Å². The fraction of sp³-hybridized carbons (Fsp3) is 0.533. The average molecular weight is 308 g/mol. The Morgan fingerprint density at radius 1 is 1.29 bits per heavy atom. The quantitative estimate of drug-likeness (QED) is 0.921. The first-order chi connectivity index (χ1) is 9.95. The maximum absolute atomic E-state index is 6.40. The summed E-state index contributed by atoms with van der Waals surface area (Å²) >= 11 is 6.40. The molecule has 0 saturated heterocycles. The number of hydrogen-bond donors (Lipinski definition) is 1. The van der Waals surface area contributed by atoms with Gasteiger partial charge in [0.1, 0.15) is 0 Å². The number of rotatable bonds is 5. The standard InChI is InChI=1S/C15H22ClN5/c1-6-17-14(12-7-10(4)19-20-11(12)5)15-13(16)8-18-21(15)9(2)3/h7-9,14,17H,6H2,1-5H3. The lowest BCUT2D eigenvalue weighted by Gasteiger charge is -2.23. The van der Waals surface area contributed by atoms with Crippen molar-refractivity contribution in [2.45, 2.75) is 46.7 Å². The molecule has 0 aliphatic rings. The maximum atomic E-state index is 6.40. The highest BCUT2D eigenvalue weighted by Crippen LogP contribution is 2.31. The first kappa shape index (κ1) is 15.9. The van der Waals surface area contributed by atoms with Crippen LogP contribution in [0.1, 0.15) is 55.5 Å². The molecule has 2 aromatic heterocycles. The Morgan fingerprint density at radius 3 is 2.62 bits per heavy atom. The molecule has 5 nitrogen and oxygen atoms in total. The van der Waals surface area contributed by atoms with Crippen molar-refractivity contribution in [1.29, 1.82) is 0 Å². The predicted molar refractivity (Wildman–Crippen MR) is 84.6 cm³/mol. The molecule has 0 aromatic carbocycles. The minimum atomic E-state index is -0.0402. The summed E-state index contributed by atoms with van der Waals surface area (Å²) in [5, 5.41) is 16.9. The van der Waals surface area contributed by atoms with Gasteiger partial charge in [-0.25, -0.2) is 0 Å². The Labute approximate surface area is 130 Å². The normalized spacial score (nSPS) is 12.9. The summed E-state index contributed by atoms with van der Waals surface area (Å²) in [6, 6.07) is 2.26. The van der Waals surface area contributed by atoms with Crippen molar-refractivity contribution in [3.8, 4) is 0 Å². The molecule has 0 saturated carbocycles. The lowest BCUT2D eigenvalue weighted by atomic mass is 10.0. The molecule has 2 rings (SSSR count). The van der Waals surface area contributed by atoms with Gasteiger partial charge in [0.2, 0.25) is 0 Å². The van der Waals surface area contributed by atoms with Gasteiger partial charge in [-0.05, 0) is 40.3 Å². The lowest BCUT2D eigenvalue weighted by molar-refractivity contribution is 0.474. The molecule has 114 valence electrons. The molecule has 0 spiro atoms. The van der Waals surface area contributed by atoms with Crippen LogP contribution >= 0.6 is 11.6 Å². The topological polar surface area (TPSA) is 55.6 Å². The summed E-state index contributed by atoms with van der Waals surface area (Å²) in [5.74, 6) is 0. The molecule has 0 amide bonds. The van der Waals surface area contributed by atoms with Crippen molar-refractivity contribution in [2.24, 2.45) is 0 Å². The van der Waals surface area contributed by atoms with Crippen LogP contribution in [0.3, 0.4) is 0 Å². The Kier molecular flexibility index (Phi) is 4.96. The summed E-state index contributed by atoms with van der Waals surface area (Å²) in [6.45, 7) is 11.0. The molecule has 1 N–H and O–H groups in total. The molecule has 0 aliphatic carbocycles. The second-order valence-corrected chi connectivity index (χ2v) is 5.84. The zero-order valence-electron chi connectivity index (χ0n) is 13.2. The molecule has 0 radical (unpaired) electrons. The number of aromatic nitrogens is 4. The van der Waals surface area contributed by atoms with E-state index >= 15 is 0 Å². The Morgan fingerprint density at radius 2 is 2.00 bits per heavy atom. The van der Waals surface area contributed by atoms with Gasteiger partial charge in [-0.3, -0.25) is 4.68 Å². The molecule has 0 fully saturated rings. The van der Waals surface area contributed by atoms with E-state index in [9.17, 15) is 0 Å². The van der Waals surface area contributed by atoms with Crippen molar-refractivity contribution in [3.63, 3.8) is 0 Å². The van der Waals surface area contributed by atoms with Gasteiger partial charge in [-0.2, -0.15) is 15.3 Å². The zero-order valence-corrected chi connectivity index (χ0v) is 13.9. The van der Waals surface area contributed by atoms with Gasteiger partial charge < -0.3 is 5.32 Å². The largest absolute Gasteiger partial charge is 0.305 e. The highest BCUT2D eigenvalue weighted by atomic mass is 35.5. The molecule has 6 heteroatoms. The van der Waals surface area contributed by atoms with E-state index in [0.717, 1.165) is 29.2 Å². The second-order valence-electron chi connectivity index (χ2n) is 5.43. The van der Waals surface area contributed by atoms with Gasteiger partial charge in [0, 0.05) is 11.6 Å². The van der Waals surface area contributed by atoms with Crippen LogP contribution in [0.5, 0.6) is 0 Å². The van der Waals surface area contributed by atoms with Gasteiger partial charge in [0.15, 0.2) is 0 Å².